The van der Waals surface area contributed by atoms with Crippen LogP contribution < -0.4 is 5.32 Å². The molecule has 0 bridgehead atoms. The maximum Gasteiger partial charge on any atom is 0.403 e. The number of rotatable bonds is 2. The van der Waals surface area contributed by atoms with Gasteiger partial charge < -0.3 is 15.0 Å². The minimum atomic E-state index is -4.22. The highest BCUT2D eigenvalue weighted by molar-refractivity contribution is 5.85. The van der Waals surface area contributed by atoms with Crippen molar-refractivity contribution in [2.45, 2.75) is 38.2 Å². The molecule has 0 radical (unpaired) electrons. The van der Waals surface area contributed by atoms with E-state index in [0.29, 0.717) is 26.2 Å². The topological polar surface area (TPSA) is 44.8 Å². The molecule has 1 N–H and O–H groups in total. The standard InChI is InChI=1S/C13H22F3N3O2.2ClH/c1-9-11(17-3-8-21-9)12(20)19-6-4-18(5-7-19)10(2)13(14,15)16;;/h9-11,17H,3-8H2,1-2H3;2*1H/t9-,10?,11+;;/m1../s1. The molecule has 138 valence electrons. The molecule has 2 fully saturated rings. The van der Waals surface area contributed by atoms with Gasteiger partial charge in [0.2, 0.25) is 5.91 Å². The second-order valence-electron chi connectivity index (χ2n) is 5.59. The van der Waals surface area contributed by atoms with E-state index in [9.17, 15) is 18.0 Å². The summed E-state index contributed by atoms with van der Waals surface area (Å²) in [7, 11) is 0. The highest BCUT2D eigenvalue weighted by Crippen LogP contribution is 2.25. The molecule has 5 nitrogen and oxygen atoms in total. The molecule has 10 heteroatoms. The molecule has 0 aromatic rings. The Morgan fingerprint density at radius 1 is 1.22 bits per heavy atom. The van der Waals surface area contributed by atoms with Gasteiger partial charge in [0.1, 0.15) is 12.1 Å². The van der Waals surface area contributed by atoms with Crippen molar-refractivity contribution in [2.75, 3.05) is 39.3 Å². The van der Waals surface area contributed by atoms with E-state index in [2.05, 4.69) is 5.32 Å². The van der Waals surface area contributed by atoms with Crippen LogP contribution in [0.4, 0.5) is 13.2 Å². The molecule has 1 amide bonds. The number of morpholine rings is 1. The molecule has 23 heavy (non-hydrogen) atoms. The summed E-state index contributed by atoms with van der Waals surface area (Å²) >= 11 is 0. The quantitative estimate of drug-likeness (QED) is 0.782. The average molecular weight is 382 g/mol. The van der Waals surface area contributed by atoms with Gasteiger partial charge in [-0.05, 0) is 13.8 Å². The lowest BCUT2D eigenvalue weighted by Crippen LogP contribution is -2.61. The van der Waals surface area contributed by atoms with Crippen LogP contribution in [0.2, 0.25) is 0 Å². The van der Waals surface area contributed by atoms with Crippen molar-refractivity contribution in [3.63, 3.8) is 0 Å². The third kappa shape index (κ3) is 5.63. The molecule has 2 aliphatic heterocycles. The van der Waals surface area contributed by atoms with Crippen LogP contribution in [0.15, 0.2) is 0 Å². The molecule has 2 rings (SSSR count). The van der Waals surface area contributed by atoms with Crippen LogP contribution in [0.1, 0.15) is 13.8 Å². The fourth-order valence-corrected chi connectivity index (χ4v) is 2.74. The van der Waals surface area contributed by atoms with Crippen LogP contribution in [0.3, 0.4) is 0 Å². The third-order valence-corrected chi connectivity index (χ3v) is 4.23. The second kappa shape index (κ2) is 9.27. The fraction of sp³-hybridized carbons (Fsp3) is 0.923. The summed E-state index contributed by atoms with van der Waals surface area (Å²) in [6.07, 6.45) is -4.43. The molecule has 0 aromatic heterocycles. The Labute approximate surface area is 146 Å². The van der Waals surface area contributed by atoms with Gasteiger partial charge in [-0.2, -0.15) is 13.2 Å². The lowest BCUT2D eigenvalue weighted by Gasteiger charge is -2.41. The van der Waals surface area contributed by atoms with Crippen LogP contribution in [-0.4, -0.2) is 79.4 Å². The van der Waals surface area contributed by atoms with Gasteiger partial charge in [0.05, 0.1) is 12.7 Å². The van der Waals surface area contributed by atoms with E-state index in [1.165, 1.54) is 4.90 Å². The number of halogens is 5. The Morgan fingerprint density at radius 2 is 1.78 bits per heavy atom. The molecule has 2 saturated heterocycles. The number of amides is 1. The first kappa shape index (κ1) is 22.7. The highest BCUT2D eigenvalue weighted by atomic mass is 35.5. The van der Waals surface area contributed by atoms with E-state index in [4.69, 9.17) is 4.74 Å². The SMILES string of the molecule is CC(N1CCN(C(=O)[C@H]2NCCO[C@@H]2C)CC1)C(F)(F)F.Cl.Cl. The molecule has 2 heterocycles. The van der Waals surface area contributed by atoms with Crippen molar-refractivity contribution in [3.05, 3.63) is 0 Å². The normalized spacial score (nSPS) is 27.6. The first-order valence-electron chi connectivity index (χ1n) is 7.25. The van der Waals surface area contributed by atoms with Crippen molar-refractivity contribution < 1.29 is 22.7 Å². The van der Waals surface area contributed by atoms with E-state index >= 15 is 0 Å². The molecule has 3 atom stereocenters. The Hall–Kier alpha value is -0.280. The lowest BCUT2D eigenvalue weighted by atomic mass is 10.1. The number of hydrogen-bond donors (Lipinski definition) is 1. The fourth-order valence-electron chi connectivity index (χ4n) is 2.74. The zero-order valence-corrected chi connectivity index (χ0v) is 14.8. The minimum absolute atomic E-state index is 0. The van der Waals surface area contributed by atoms with Crippen molar-refractivity contribution in [1.29, 1.82) is 0 Å². The van der Waals surface area contributed by atoms with E-state index < -0.39 is 18.3 Å². The summed E-state index contributed by atoms with van der Waals surface area (Å²) in [6.45, 7) is 5.32. The van der Waals surface area contributed by atoms with Gasteiger partial charge in [-0.25, -0.2) is 0 Å². The summed E-state index contributed by atoms with van der Waals surface area (Å²) in [4.78, 5) is 15.4. The van der Waals surface area contributed by atoms with Crippen LogP contribution in [0, 0.1) is 0 Å². The first-order valence-corrected chi connectivity index (χ1v) is 7.25. The van der Waals surface area contributed by atoms with Crippen LogP contribution >= 0.6 is 24.8 Å². The lowest BCUT2D eigenvalue weighted by molar-refractivity contribution is -0.183. The number of hydrogen-bond acceptors (Lipinski definition) is 4. The Balaban J connectivity index is 0.00000242. The maximum atomic E-state index is 12.7. The summed E-state index contributed by atoms with van der Waals surface area (Å²) in [5, 5.41) is 3.11. The van der Waals surface area contributed by atoms with Gasteiger partial charge in [-0.15, -0.1) is 24.8 Å². The Kier molecular flexibility index (Phi) is 9.15. The Bertz CT molecular complexity index is 380. The molecule has 0 aliphatic carbocycles. The zero-order valence-electron chi connectivity index (χ0n) is 13.1. The molecule has 1 unspecified atom stereocenters. The number of piperazine rings is 1. The van der Waals surface area contributed by atoms with E-state index in [-0.39, 0.29) is 49.9 Å². The summed E-state index contributed by atoms with van der Waals surface area (Å²) in [6, 6.07) is -1.87. The van der Waals surface area contributed by atoms with E-state index in [1.807, 2.05) is 6.92 Å². The van der Waals surface area contributed by atoms with Crippen molar-refractivity contribution in [2.24, 2.45) is 0 Å². The monoisotopic (exact) mass is 381 g/mol. The third-order valence-electron chi connectivity index (χ3n) is 4.23. The summed E-state index contributed by atoms with van der Waals surface area (Å²) < 4.78 is 43.5. The average Bonchev–Trinajstić information content (AvgIpc) is 2.45. The van der Waals surface area contributed by atoms with Crippen molar-refractivity contribution in [1.82, 2.24) is 15.1 Å². The Morgan fingerprint density at radius 3 is 2.26 bits per heavy atom. The van der Waals surface area contributed by atoms with E-state index in [0.717, 1.165) is 6.92 Å². The second-order valence-corrected chi connectivity index (χ2v) is 5.59. The van der Waals surface area contributed by atoms with Gasteiger partial charge in [0.15, 0.2) is 0 Å². The number of nitrogens with zero attached hydrogens (tertiary/aromatic N) is 2. The molecule has 0 saturated carbocycles. The van der Waals surface area contributed by atoms with Crippen LogP contribution in [0.25, 0.3) is 0 Å². The maximum absolute atomic E-state index is 12.7. The largest absolute Gasteiger partial charge is 0.403 e. The number of carbonyl (C=O) groups is 1. The molecule has 0 spiro atoms. The van der Waals surface area contributed by atoms with Gasteiger partial charge in [0.25, 0.3) is 0 Å². The minimum Gasteiger partial charge on any atom is -0.375 e. The zero-order chi connectivity index (χ0) is 15.6. The number of ether oxygens (including phenoxy) is 1. The number of alkyl halides is 3. The van der Waals surface area contributed by atoms with Gasteiger partial charge >= 0.3 is 6.18 Å². The molecule has 0 aromatic carbocycles. The van der Waals surface area contributed by atoms with E-state index in [1.54, 1.807) is 4.90 Å². The van der Waals surface area contributed by atoms with Gasteiger partial charge in [0, 0.05) is 32.7 Å². The molecule has 2 aliphatic rings. The molecular weight excluding hydrogens is 358 g/mol. The summed E-state index contributed by atoms with van der Waals surface area (Å²) in [5.41, 5.74) is 0. The van der Waals surface area contributed by atoms with Gasteiger partial charge in [-0.3, -0.25) is 9.69 Å². The predicted molar refractivity (Wildman–Crippen MR) is 85.4 cm³/mol. The van der Waals surface area contributed by atoms with Crippen LogP contribution in [-0.2, 0) is 9.53 Å². The molecular formula is C13H24Cl2F3N3O2. The smallest absolute Gasteiger partial charge is 0.375 e. The predicted octanol–water partition coefficient (Wildman–Crippen LogP) is 1.30. The first-order chi connectivity index (χ1) is 9.80. The number of carbonyl (C=O) groups excluding carboxylic acids is 1. The van der Waals surface area contributed by atoms with Gasteiger partial charge in [-0.1, -0.05) is 0 Å². The van der Waals surface area contributed by atoms with Crippen molar-refractivity contribution >= 4 is 30.7 Å². The summed E-state index contributed by atoms with van der Waals surface area (Å²) in [5.74, 6) is -0.0819. The van der Waals surface area contributed by atoms with Crippen LogP contribution in [0.5, 0.6) is 0 Å². The highest BCUT2D eigenvalue weighted by Gasteiger charge is 2.42. The van der Waals surface area contributed by atoms with Crippen molar-refractivity contribution in [3.8, 4) is 0 Å². The number of nitrogens with one attached hydrogen (secondary N) is 1.